The van der Waals surface area contributed by atoms with Crippen LogP contribution in [0.5, 0.6) is 0 Å². The third-order valence-corrected chi connectivity index (χ3v) is 7.25. The van der Waals surface area contributed by atoms with E-state index in [4.69, 9.17) is 22.1 Å². The Morgan fingerprint density at radius 3 is 2.69 bits per heavy atom. The number of aromatic nitrogens is 2. The molecule has 3 heterocycles. The van der Waals surface area contributed by atoms with E-state index in [-0.39, 0.29) is 28.9 Å². The Hall–Kier alpha value is -2.78. The van der Waals surface area contributed by atoms with Crippen LogP contribution in [-0.4, -0.2) is 52.6 Å². The maximum absolute atomic E-state index is 13.2. The van der Waals surface area contributed by atoms with Gasteiger partial charge in [0.15, 0.2) is 0 Å². The van der Waals surface area contributed by atoms with Gasteiger partial charge in [-0.3, -0.25) is 9.36 Å². The Bertz CT molecular complexity index is 1110. The molecule has 2 saturated heterocycles. The van der Waals surface area contributed by atoms with Crippen LogP contribution in [0.1, 0.15) is 25.3 Å². The summed E-state index contributed by atoms with van der Waals surface area (Å²) >= 11 is 6.24. The maximum Gasteiger partial charge on any atom is 0.404 e. The molecule has 2 atom stereocenters. The second kappa shape index (κ2) is 8.29. The van der Waals surface area contributed by atoms with Crippen LogP contribution in [0.15, 0.2) is 23.0 Å². The van der Waals surface area contributed by atoms with Gasteiger partial charge < -0.3 is 25.8 Å². The number of aryl methyl sites for hydroxylation is 1. The van der Waals surface area contributed by atoms with Crippen LogP contribution in [0, 0.1) is 12.3 Å². The van der Waals surface area contributed by atoms with Crippen molar-refractivity contribution in [3.05, 3.63) is 39.1 Å². The van der Waals surface area contributed by atoms with E-state index in [2.05, 4.69) is 10.3 Å². The summed E-state index contributed by atoms with van der Waals surface area (Å²) in [6.07, 6.45) is 0.204. The molecule has 0 radical (unpaired) electrons. The lowest BCUT2D eigenvalue weighted by Crippen LogP contribution is -2.54. The van der Waals surface area contributed by atoms with Crippen molar-refractivity contribution in [2.45, 2.75) is 38.8 Å². The quantitative estimate of drug-likeness (QED) is 0.642. The number of rotatable bonds is 3. The molecule has 4 N–H and O–H groups in total. The lowest BCUT2D eigenvalue weighted by Gasteiger charge is -2.42. The van der Waals surface area contributed by atoms with Crippen LogP contribution >= 0.6 is 11.6 Å². The van der Waals surface area contributed by atoms with Crippen molar-refractivity contribution >= 4 is 29.5 Å². The van der Waals surface area contributed by atoms with Crippen LogP contribution in [0.2, 0.25) is 5.02 Å². The number of carboxylic acid groups (broad SMARTS) is 1. The van der Waals surface area contributed by atoms with E-state index in [0.29, 0.717) is 54.6 Å². The Kier molecular flexibility index (Phi) is 5.81. The Morgan fingerprint density at radius 1 is 1.38 bits per heavy atom. The highest BCUT2D eigenvalue weighted by atomic mass is 35.5. The molecule has 32 heavy (non-hydrogen) atoms. The first-order valence-corrected chi connectivity index (χ1v) is 11.0. The number of nitrogens with two attached hydrogens (primary N) is 1. The lowest BCUT2D eigenvalue weighted by molar-refractivity contribution is 0.0970. The van der Waals surface area contributed by atoms with E-state index in [1.165, 1.54) is 4.57 Å². The van der Waals surface area contributed by atoms with Gasteiger partial charge in [0.05, 0.1) is 24.3 Å². The van der Waals surface area contributed by atoms with Crippen molar-refractivity contribution in [1.29, 1.82) is 0 Å². The van der Waals surface area contributed by atoms with Gasteiger partial charge in [0.25, 0.3) is 5.56 Å². The lowest BCUT2D eigenvalue weighted by atomic mass is 9.73. The number of ether oxygens (including phenoxy) is 1. The molecule has 1 amide bonds. The van der Waals surface area contributed by atoms with Crippen molar-refractivity contribution in [3.8, 4) is 11.1 Å². The normalized spacial score (nSPS) is 22.3. The Balaban J connectivity index is 1.60. The van der Waals surface area contributed by atoms with Gasteiger partial charge >= 0.3 is 6.09 Å². The highest BCUT2D eigenvalue weighted by Gasteiger charge is 2.50. The molecule has 2 aromatic rings. The van der Waals surface area contributed by atoms with Gasteiger partial charge in [0.2, 0.25) is 5.95 Å². The standard InChI is InChI=1S/C22H28ClN5O4/c1-12-4-5-14(10-15(12)23)16-18(24)26-20(27(3)19(16)29)28-8-6-22(7-9-28)11-32-13(2)17(22)25-21(30)31/h4-5,10,13,17,25H,6-9,11,24H2,1-3H3,(H,30,31)/t13-,17+/m0/s1. The molecule has 2 aliphatic heterocycles. The number of piperidine rings is 1. The minimum atomic E-state index is -1.04. The summed E-state index contributed by atoms with van der Waals surface area (Å²) in [4.78, 5) is 31.1. The zero-order valence-corrected chi connectivity index (χ0v) is 19.1. The molecule has 0 aliphatic carbocycles. The van der Waals surface area contributed by atoms with E-state index in [1.807, 2.05) is 30.9 Å². The smallest absolute Gasteiger partial charge is 0.404 e. The number of halogens is 1. The van der Waals surface area contributed by atoms with Gasteiger partial charge in [0.1, 0.15) is 5.82 Å². The number of hydrogen-bond acceptors (Lipinski definition) is 6. The van der Waals surface area contributed by atoms with E-state index in [1.54, 1.807) is 13.1 Å². The second-order valence-electron chi connectivity index (χ2n) is 8.79. The molecule has 10 heteroatoms. The molecule has 0 bridgehead atoms. The summed E-state index contributed by atoms with van der Waals surface area (Å²) in [6.45, 7) is 5.52. The van der Waals surface area contributed by atoms with E-state index >= 15 is 0 Å². The molecule has 4 rings (SSSR count). The molecule has 1 spiro atoms. The van der Waals surface area contributed by atoms with Gasteiger partial charge in [-0.15, -0.1) is 0 Å². The molecule has 9 nitrogen and oxygen atoms in total. The number of nitrogen functional groups attached to an aromatic ring is 1. The summed E-state index contributed by atoms with van der Waals surface area (Å²) in [5.41, 5.74) is 7.61. The largest absolute Gasteiger partial charge is 0.465 e. The number of nitrogens with zero attached hydrogens (tertiary/aromatic N) is 3. The number of amides is 1. The zero-order valence-electron chi connectivity index (χ0n) is 18.4. The molecule has 2 aliphatic rings. The number of nitrogens with one attached hydrogen (secondary N) is 1. The van der Waals surface area contributed by atoms with Crippen LogP contribution in [-0.2, 0) is 11.8 Å². The van der Waals surface area contributed by atoms with Crippen LogP contribution < -0.4 is 21.5 Å². The van der Waals surface area contributed by atoms with Gasteiger partial charge in [-0.25, -0.2) is 4.79 Å². The average molecular weight is 462 g/mol. The summed E-state index contributed by atoms with van der Waals surface area (Å²) < 4.78 is 7.31. The van der Waals surface area contributed by atoms with Crippen molar-refractivity contribution < 1.29 is 14.6 Å². The monoisotopic (exact) mass is 461 g/mol. The zero-order chi connectivity index (χ0) is 23.2. The Labute approximate surface area is 191 Å². The first-order valence-electron chi connectivity index (χ1n) is 10.6. The molecule has 1 aromatic carbocycles. The van der Waals surface area contributed by atoms with Gasteiger partial charge in [-0.2, -0.15) is 4.98 Å². The molecule has 2 fully saturated rings. The molecule has 0 unspecified atom stereocenters. The fourth-order valence-electron chi connectivity index (χ4n) is 4.90. The molecule has 1 aromatic heterocycles. The second-order valence-corrected chi connectivity index (χ2v) is 9.20. The summed E-state index contributed by atoms with van der Waals surface area (Å²) in [5.74, 6) is 0.658. The first kappa shape index (κ1) is 22.4. The number of anilines is 2. The molecular formula is C22H28ClN5O4. The van der Waals surface area contributed by atoms with E-state index < -0.39 is 6.09 Å². The van der Waals surface area contributed by atoms with Crippen molar-refractivity contribution in [1.82, 2.24) is 14.9 Å². The first-order chi connectivity index (χ1) is 15.1. The number of hydrogen-bond donors (Lipinski definition) is 3. The Morgan fingerprint density at radius 2 is 2.06 bits per heavy atom. The van der Waals surface area contributed by atoms with Gasteiger partial charge in [-0.1, -0.05) is 23.7 Å². The highest BCUT2D eigenvalue weighted by Crippen LogP contribution is 2.43. The maximum atomic E-state index is 13.2. The summed E-state index contributed by atoms with van der Waals surface area (Å²) in [7, 11) is 1.68. The van der Waals surface area contributed by atoms with Crippen LogP contribution in [0.3, 0.4) is 0 Å². The molecule has 0 saturated carbocycles. The topological polar surface area (TPSA) is 123 Å². The SMILES string of the molecule is Cc1ccc(-c2c(N)nc(N3CCC4(CC3)CO[C@@H](C)[C@H]4NC(=O)O)n(C)c2=O)cc1Cl. The minimum Gasteiger partial charge on any atom is -0.465 e. The molecule has 172 valence electrons. The minimum absolute atomic E-state index is 0.159. The summed E-state index contributed by atoms with van der Waals surface area (Å²) in [5, 5.41) is 12.4. The average Bonchev–Trinajstić information content (AvgIpc) is 3.03. The number of benzene rings is 1. The third-order valence-electron chi connectivity index (χ3n) is 6.84. The fraction of sp³-hybridized carbons (Fsp3) is 0.500. The molecular weight excluding hydrogens is 434 g/mol. The van der Waals surface area contributed by atoms with E-state index in [0.717, 1.165) is 5.56 Å². The fourth-order valence-corrected chi connectivity index (χ4v) is 5.08. The highest BCUT2D eigenvalue weighted by molar-refractivity contribution is 6.31. The summed E-state index contributed by atoms with van der Waals surface area (Å²) in [6, 6.07) is 5.13. The van der Waals surface area contributed by atoms with E-state index in [9.17, 15) is 14.7 Å². The van der Waals surface area contributed by atoms with Crippen molar-refractivity contribution in [2.24, 2.45) is 12.5 Å². The predicted molar refractivity (Wildman–Crippen MR) is 123 cm³/mol. The van der Waals surface area contributed by atoms with Crippen molar-refractivity contribution in [2.75, 3.05) is 30.3 Å². The van der Waals surface area contributed by atoms with Gasteiger partial charge in [-0.05, 0) is 43.9 Å². The van der Waals surface area contributed by atoms with Crippen LogP contribution in [0.25, 0.3) is 11.1 Å². The number of carbonyl (C=O) groups is 1. The van der Waals surface area contributed by atoms with Crippen LogP contribution in [0.4, 0.5) is 16.6 Å². The predicted octanol–water partition coefficient (Wildman–Crippen LogP) is 2.63. The van der Waals surface area contributed by atoms with Crippen molar-refractivity contribution in [3.63, 3.8) is 0 Å². The van der Waals surface area contributed by atoms with Gasteiger partial charge in [0, 0.05) is 30.6 Å². The third kappa shape index (κ3) is 3.80.